The minimum absolute atomic E-state index is 0.0608. The number of hydrogen-bond acceptors (Lipinski definition) is 4. The average Bonchev–Trinajstić information content (AvgIpc) is 2.80. The van der Waals surface area contributed by atoms with E-state index >= 15 is 0 Å². The molecular weight excluding hydrogens is 390 g/mol. The molecule has 0 bridgehead atoms. The summed E-state index contributed by atoms with van der Waals surface area (Å²) in [6.45, 7) is 9.72. The van der Waals surface area contributed by atoms with Crippen molar-refractivity contribution in [1.29, 1.82) is 0 Å². The van der Waals surface area contributed by atoms with Gasteiger partial charge in [0.15, 0.2) is 5.96 Å². The molecule has 1 N–H and O–H groups in total. The number of nitrogens with zero attached hydrogens (tertiary/aromatic N) is 2. The maximum Gasteiger partial charge on any atom is 0.194 e. The van der Waals surface area contributed by atoms with Crippen molar-refractivity contribution in [2.24, 2.45) is 4.99 Å². The molecule has 6 heteroatoms. The molecule has 6 nitrogen and oxygen atoms in total. The van der Waals surface area contributed by atoms with Gasteiger partial charge in [0.1, 0.15) is 6.10 Å². The second-order valence-corrected chi connectivity index (χ2v) is 7.63. The predicted molar refractivity (Wildman–Crippen MR) is 124 cm³/mol. The summed E-state index contributed by atoms with van der Waals surface area (Å²) in [6.07, 6.45) is 0.0608. The lowest BCUT2D eigenvalue weighted by atomic mass is 10.0. The zero-order valence-corrected chi connectivity index (χ0v) is 19.0. The van der Waals surface area contributed by atoms with Crippen LogP contribution in [0.3, 0.4) is 0 Å². The minimum atomic E-state index is 0.0608. The Morgan fingerprint density at radius 3 is 2.74 bits per heavy atom. The molecule has 0 radical (unpaired) electrons. The van der Waals surface area contributed by atoms with E-state index in [1.54, 1.807) is 0 Å². The molecule has 1 aliphatic heterocycles. The van der Waals surface area contributed by atoms with E-state index in [1.165, 1.54) is 16.7 Å². The van der Waals surface area contributed by atoms with Crippen LogP contribution in [-0.2, 0) is 27.4 Å². The van der Waals surface area contributed by atoms with Gasteiger partial charge in [0.05, 0.1) is 33.0 Å². The van der Waals surface area contributed by atoms with Gasteiger partial charge in [-0.15, -0.1) is 0 Å². The minimum Gasteiger partial charge on any atom is -0.379 e. The third-order valence-electron chi connectivity index (χ3n) is 5.40. The number of nitrogens with one attached hydrogen (secondary N) is 1. The van der Waals surface area contributed by atoms with Gasteiger partial charge in [-0.05, 0) is 36.1 Å². The second kappa shape index (κ2) is 12.4. The van der Waals surface area contributed by atoms with Crippen LogP contribution in [0, 0.1) is 6.92 Å². The van der Waals surface area contributed by atoms with E-state index in [0.29, 0.717) is 33.0 Å². The van der Waals surface area contributed by atoms with Gasteiger partial charge in [0.25, 0.3) is 0 Å². The molecule has 1 aliphatic rings. The number of benzene rings is 2. The molecule has 0 aromatic heterocycles. The van der Waals surface area contributed by atoms with Crippen LogP contribution in [0.4, 0.5) is 0 Å². The maximum absolute atomic E-state index is 6.06. The quantitative estimate of drug-likeness (QED) is 0.377. The number of morpholine rings is 1. The first-order chi connectivity index (χ1) is 15.2. The Labute approximate surface area is 186 Å². The first-order valence-corrected chi connectivity index (χ1v) is 11.1. The molecule has 0 saturated carbocycles. The molecule has 1 unspecified atom stereocenters. The molecule has 1 saturated heterocycles. The smallest absolute Gasteiger partial charge is 0.194 e. The number of ether oxygens (including phenoxy) is 3. The highest BCUT2D eigenvalue weighted by molar-refractivity contribution is 5.80. The van der Waals surface area contributed by atoms with Gasteiger partial charge in [-0.1, -0.05) is 48.5 Å². The molecule has 3 rings (SSSR count). The van der Waals surface area contributed by atoms with E-state index in [-0.39, 0.29) is 6.10 Å². The Balaban J connectivity index is 1.53. The van der Waals surface area contributed by atoms with Crippen LogP contribution >= 0.6 is 0 Å². The molecule has 2 aromatic rings. The zero-order valence-electron chi connectivity index (χ0n) is 19.0. The van der Waals surface area contributed by atoms with E-state index in [9.17, 15) is 0 Å². The Bertz CT molecular complexity index is 840. The fraction of sp³-hybridized carbons (Fsp3) is 0.480. The number of guanidine groups is 1. The number of aryl methyl sites for hydroxylation is 1. The van der Waals surface area contributed by atoms with Crippen LogP contribution in [-0.4, -0.2) is 57.4 Å². The third-order valence-corrected chi connectivity index (χ3v) is 5.40. The highest BCUT2D eigenvalue weighted by Gasteiger charge is 2.25. The van der Waals surface area contributed by atoms with Gasteiger partial charge in [-0.2, -0.15) is 0 Å². The Morgan fingerprint density at radius 1 is 1.13 bits per heavy atom. The average molecular weight is 426 g/mol. The molecule has 0 spiro atoms. The van der Waals surface area contributed by atoms with Crippen LogP contribution in [0.15, 0.2) is 53.5 Å². The van der Waals surface area contributed by atoms with Crippen LogP contribution in [0.1, 0.15) is 35.3 Å². The zero-order chi connectivity index (χ0) is 21.9. The lowest BCUT2D eigenvalue weighted by Gasteiger charge is -2.35. The van der Waals surface area contributed by atoms with E-state index in [0.717, 1.165) is 31.2 Å². The van der Waals surface area contributed by atoms with Gasteiger partial charge >= 0.3 is 0 Å². The van der Waals surface area contributed by atoms with Crippen molar-refractivity contribution in [3.8, 4) is 0 Å². The van der Waals surface area contributed by atoms with E-state index in [1.807, 2.05) is 14.0 Å². The van der Waals surface area contributed by atoms with E-state index in [2.05, 4.69) is 70.7 Å². The first-order valence-electron chi connectivity index (χ1n) is 11.1. The summed E-state index contributed by atoms with van der Waals surface area (Å²) in [4.78, 5) is 6.79. The summed E-state index contributed by atoms with van der Waals surface area (Å²) in [7, 11) is 1.84. The SMILES string of the molecule is CCOCCOCc1cccc(CNC(=NC)N2CCOC(c3ccccc3C)C2)c1. The van der Waals surface area contributed by atoms with Gasteiger partial charge in [-0.3, -0.25) is 4.99 Å². The summed E-state index contributed by atoms with van der Waals surface area (Å²) in [6, 6.07) is 16.9. The van der Waals surface area contributed by atoms with Crippen LogP contribution < -0.4 is 5.32 Å². The molecule has 1 atom stereocenters. The maximum atomic E-state index is 6.06. The number of rotatable bonds is 9. The molecule has 1 fully saturated rings. The van der Waals surface area contributed by atoms with Gasteiger partial charge < -0.3 is 24.4 Å². The van der Waals surface area contributed by atoms with Crippen LogP contribution in [0.5, 0.6) is 0 Å². The summed E-state index contributed by atoms with van der Waals surface area (Å²) in [5.74, 6) is 0.903. The molecule has 168 valence electrons. The largest absolute Gasteiger partial charge is 0.379 e. The molecule has 1 heterocycles. The topological polar surface area (TPSA) is 55.3 Å². The molecule has 0 aliphatic carbocycles. The summed E-state index contributed by atoms with van der Waals surface area (Å²) < 4.78 is 17.1. The fourth-order valence-corrected chi connectivity index (χ4v) is 3.77. The second-order valence-electron chi connectivity index (χ2n) is 7.63. The van der Waals surface area contributed by atoms with Crippen molar-refractivity contribution in [1.82, 2.24) is 10.2 Å². The lowest BCUT2D eigenvalue weighted by molar-refractivity contribution is -0.00833. The molecule has 0 amide bonds. The monoisotopic (exact) mass is 425 g/mol. The highest BCUT2D eigenvalue weighted by Crippen LogP contribution is 2.25. The highest BCUT2D eigenvalue weighted by atomic mass is 16.5. The molecular formula is C25H35N3O3. The Hall–Kier alpha value is -2.41. The van der Waals surface area contributed by atoms with Gasteiger partial charge in [0.2, 0.25) is 0 Å². The van der Waals surface area contributed by atoms with Crippen LogP contribution in [0.25, 0.3) is 0 Å². The number of hydrogen-bond donors (Lipinski definition) is 1. The van der Waals surface area contributed by atoms with Crippen molar-refractivity contribution in [3.05, 3.63) is 70.8 Å². The third kappa shape index (κ3) is 7.06. The van der Waals surface area contributed by atoms with Gasteiger partial charge in [-0.25, -0.2) is 0 Å². The van der Waals surface area contributed by atoms with Crippen molar-refractivity contribution in [2.45, 2.75) is 33.1 Å². The standard InChI is InChI=1S/C25H35N3O3/c1-4-29-14-15-30-19-22-10-7-9-21(16-22)17-27-25(26-3)28-12-13-31-24(18-28)23-11-6-5-8-20(23)2/h5-11,16,24H,4,12-15,17-19H2,1-3H3,(H,26,27). The van der Waals surface area contributed by atoms with Gasteiger partial charge in [0, 0.05) is 26.7 Å². The number of aliphatic imine (C=N–C) groups is 1. The lowest BCUT2D eigenvalue weighted by Crippen LogP contribution is -2.48. The molecule has 2 aromatic carbocycles. The molecule has 31 heavy (non-hydrogen) atoms. The van der Waals surface area contributed by atoms with E-state index < -0.39 is 0 Å². The normalized spacial score (nSPS) is 17.1. The van der Waals surface area contributed by atoms with E-state index in [4.69, 9.17) is 14.2 Å². The van der Waals surface area contributed by atoms with Crippen molar-refractivity contribution in [3.63, 3.8) is 0 Å². The Morgan fingerprint density at radius 2 is 1.94 bits per heavy atom. The summed E-state index contributed by atoms with van der Waals surface area (Å²) in [5, 5.41) is 3.51. The first kappa shape index (κ1) is 23.3. The summed E-state index contributed by atoms with van der Waals surface area (Å²) >= 11 is 0. The van der Waals surface area contributed by atoms with Crippen molar-refractivity contribution in [2.75, 3.05) is 46.6 Å². The summed E-state index contributed by atoms with van der Waals surface area (Å²) in [5.41, 5.74) is 4.88. The van der Waals surface area contributed by atoms with Crippen LogP contribution in [0.2, 0.25) is 0 Å². The van der Waals surface area contributed by atoms with Crippen molar-refractivity contribution >= 4 is 5.96 Å². The van der Waals surface area contributed by atoms with Crippen molar-refractivity contribution < 1.29 is 14.2 Å². The predicted octanol–water partition coefficient (Wildman–Crippen LogP) is 3.70. The Kier molecular flexibility index (Phi) is 9.34. The fourth-order valence-electron chi connectivity index (χ4n) is 3.77.